The summed E-state index contributed by atoms with van der Waals surface area (Å²) in [5.41, 5.74) is 7.24. The van der Waals surface area contributed by atoms with E-state index in [9.17, 15) is 4.39 Å². The molecule has 1 aliphatic rings. The van der Waals surface area contributed by atoms with Crippen LogP contribution in [0.2, 0.25) is 0 Å². The average molecular weight is 252 g/mol. The van der Waals surface area contributed by atoms with Gasteiger partial charge in [0.15, 0.2) is 0 Å². The number of ether oxygens (including phenoxy) is 1. The summed E-state index contributed by atoms with van der Waals surface area (Å²) < 4.78 is 18.3. The lowest BCUT2D eigenvalue weighted by Crippen LogP contribution is -2.24. The van der Waals surface area contributed by atoms with Crippen molar-refractivity contribution in [2.24, 2.45) is 5.92 Å². The summed E-state index contributed by atoms with van der Waals surface area (Å²) in [5.74, 6) is 0.456. The lowest BCUT2D eigenvalue weighted by molar-refractivity contribution is 0.0645. The summed E-state index contributed by atoms with van der Waals surface area (Å²) in [4.78, 5) is 2.10. The molecule has 0 bridgehead atoms. The molecule has 0 atom stereocenters. The topological polar surface area (TPSA) is 38.5 Å². The Bertz CT molecular complexity index is 391. The first-order chi connectivity index (χ1) is 8.66. The first-order valence-electron chi connectivity index (χ1n) is 6.50. The fourth-order valence-corrected chi connectivity index (χ4v) is 2.40. The molecule has 0 radical (unpaired) electrons. The molecule has 0 unspecified atom stereocenters. The molecule has 0 amide bonds. The van der Waals surface area contributed by atoms with E-state index in [2.05, 4.69) is 4.90 Å². The Kier molecular flexibility index (Phi) is 4.42. The standard InChI is InChI=1S/C14H21FN2O/c1-17(7-4-11-5-8-18-9-6-11)14-3-2-12(15)10-13(14)16/h2-3,10-11H,4-9,16H2,1H3. The van der Waals surface area contributed by atoms with Crippen molar-refractivity contribution in [1.82, 2.24) is 0 Å². The van der Waals surface area contributed by atoms with Crippen molar-refractivity contribution >= 4 is 11.4 Å². The van der Waals surface area contributed by atoms with Crippen LogP contribution < -0.4 is 10.6 Å². The number of halogens is 1. The van der Waals surface area contributed by atoms with Gasteiger partial charge in [-0.1, -0.05) is 0 Å². The van der Waals surface area contributed by atoms with Gasteiger partial charge in [0, 0.05) is 26.8 Å². The van der Waals surface area contributed by atoms with Gasteiger partial charge in [0.2, 0.25) is 0 Å². The number of hydrogen-bond donors (Lipinski definition) is 1. The molecule has 1 aliphatic heterocycles. The average Bonchev–Trinajstić information content (AvgIpc) is 2.37. The summed E-state index contributed by atoms with van der Waals surface area (Å²) in [6.07, 6.45) is 3.43. The minimum absolute atomic E-state index is 0.283. The fraction of sp³-hybridized carbons (Fsp3) is 0.571. The second kappa shape index (κ2) is 6.05. The maximum Gasteiger partial charge on any atom is 0.125 e. The zero-order valence-electron chi connectivity index (χ0n) is 10.9. The van der Waals surface area contributed by atoms with Gasteiger partial charge in [0.05, 0.1) is 11.4 Å². The van der Waals surface area contributed by atoms with Crippen LogP contribution in [0.25, 0.3) is 0 Å². The van der Waals surface area contributed by atoms with Crippen LogP contribution in [0.15, 0.2) is 18.2 Å². The SMILES string of the molecule is CN(CCC1CCOCC1)c1ccc(F)cc1N. The molecule has 100 valence electrons. The monoisotopic (exact) mass is 252 g/mol. The maximum atomic E-state index is 13.0. The third-order valence-corrected chi connectivity index (χ3v) is 3.61. The normalized spacial score (nSPS) is 16.8. The summed E-state index contributed by atoms with van der Waals surface area (Å²) >= 11 is 0. The molecular weight excluding hydrogens is 231 g/mol. The van der Waals surface area contributed by atoms with E-state index < -0.39 is 0 Å². The van der Waals surface area contributed by atoms with Gasteiger partial charge in [-0.05, 0) is 43.4 Å². The highest BCUT2D eigenvalue weighted by Crippen LogP contribution is 2.25. The molecule has 1 fully saturated rings. The van der Waals surface area contributed by atoms with Gasteiger partial charge < -0.3 is 15.4 Å². The lowest BCUT2D eigenvalue weighted by atomic mass is 9.96. The largest absolute Gasteiger partial charge is 0.397 e. The zero-order chi connectivity index (χ0) is 13.0. The van der Waals surface area contributed by atoms with Crippen LogP contribution in [-0.4, -0.2) is 26.8 Å². The first-order valence-corrected chi connectivity index (χ1v) is 6.50. The first kappa shape index (κ1) is 13.1. The summed E-state index contributed by atoms with van der Waals surface area (Å²) in [5, 5.41) is 0. The minimum atomic E-state index is -0.283. The third-order valence-electron chi connectivity index (χ3n) is 3.61. The molecule has 0 spiro atoms. The summed E-state index contributed by atoms with van der Waals surface area (Å²) in [7, 11) is 2.00. The highest BCUT2D eigenvalue weighted by Gasteiger charge is 2.15. The van der Waals surface area contributed by atoms with Crippen LogP contribution in [0, 0.1) is 11.7 Å². The number of nitrogen functional groups attached to an aromatic ring is 1. The van der Waals surface area contributed by atoms with Crippen molar-refractivity contribution in [2.45, 2.75) is 19.3 Å². The summed E-state index contributed by atoms with van der Waals surface area (Å²) in [6, 6.07) is 4.57. The fourth-order valence-electron chi connectivity index (χ4n) is 2.40. The van der Waals surface area contributed by atoms with E-state index in [4.69, 9.17) is 10.5 Å². The number of nitrogens with zero attached hydrogens (tertiary/aromatic N) is 1. The molecule has 4 heteroatoms. The molecule has 0 aromatic heterocycles. The Labute approximate surface area is 108 Å². The van der Waals surface area contributed by atoms with Crippen LogP contribution in [0.3, 0.4) is 0 Å². The van der Waals surface area contributed by atoms with Crippen molar-refractivity contribution in [3.05, 3.63) is 24.0 Å². The van der Waals surface area contributed by atoms with Gasteiger partial charge in [-0.3, -0.25) is 0 Å². The number of benzene rings is 1. The number of rotatable bonds is 4. The van der Waals surface area contributed by atoms with E-state index in [1.165, 1.54) is 12.1 Å². The van der Waals surface area contributed by atoms with Crippen LogP contribution in [-0.2, 0) is 4.74 Å². The van der Waals surface area contributed by atoms with Gasteiger partial charge >= 0.3 is 0 Å². The molecule has 1 heterocycles. The second-order valence-electron chi connectivity index (χ2n) is 4.97. The van der Waals surface area contributed by atoms with E-state index in [0.717, 1.165) is 50.6 Å². The highest BCUT2D eigenvalue weighted by molar-refractivity contribution is 5.67. The second-order valence-corrected chi connectivity index (χ2v) is 4.97. The Morgan fingerprint density at radius 2 is 2.11 bits per heavy atom. The van der Waals surface area contributed by atoms with Gasteiger partial charge in [-0.15, -0.1) is 0 Å². The van der Waals surface area contributed by atoms with E-state index in [0.29, 0.717) is 5.69 Å². The molecule has 0 saturated carbocycles. The van der Waals surface area contributed by atoms with Crippen molar-refractivity contribution in [2.75, 3.05) is 37.4 Å². The zero-order valence-corrected chi connectivity index (χ0v) is 10.9. The van der Waals surface area contributed by atoms with Gasteiger partial charge in [-0.2, -0.15) is 0 Å². The van der Waals surface area contributed by atoms with Crippen LogP contribution in [0.5, 0.6) is 0 Å². The van der Waals surface area contributed by atoms with Crippen LogP contribution in [0.1, 0.15) is 19.3 Å². The van der Waals surface area contributed by atoms with Crippen LogP contribution in [0.4, 0.5) is 15.8 Å². The maximum absolute atomic E-state index is 13.0. The summed E-state index contributed by atoms with van der Waals surface area (Å²) in [6.45, 7) is 2.71. The molecule has 1 aromatic carbocycles. The van der Waals surface area contributed by atoms with E-state index in [1.54, 1.807) is 6.07 Å². The molecular formula is C14H21FN2O. The Morgan fingerprint density at radius 1 is 1.39 bits per heavy atom. The van der Waals surface area contributed by atoms with Crippen molar-refractivity contribution in [3.63, 3.8) is 0 Å². The predicted molar refractivity (Wildman–Crippen MR) is 72.2 cm³/mol. The van der Waals surface area contributed by atoms with Gasteiger partial charge in [-0.25, -0.2) is 4.39 Å². The third kappa shape index (κ3) is 3.35. The van der Waals surface area contributed by atoms with Crippen molar-refractivity contribution in [1.29, 1.82) is 0 Å². The Balaban J connectivity index is 1.88. The lowest BCUT2D eigenvalue weighted by Gasteiger charge is -2.26. The molecule has 18 heavy (non-hydrogen) atoms. The van der Waals surface area contributed by atoms with E-state index in [1.807, 2.05) is 7.05 Å². The number of hydrogen-bond acceptors (Lipinski definition) is 3. The van der Waals surface area contributed by atoms with Gasteiger partial charge in [0.1, 0.15) is 5.82 Å². The van der Waals surface area contributed by atoms with E-state index in [-0.39, 0.29) is 5.82 Å². The Morgan fingerprint density at radius 3 is 2.78 bits per heavy atom. The number of nitrogens with two attached hydrogens (primary N) is 1. The quantitative estimate of drug-likeness (QED) is 0.837. The molecule has 1 aromatic rings. The molecule has 3 nitrogen and oxygen atoms in total. The predicted octanol–water partition coefficient (Wildman–Crippen LogP) is 2.66. The number of anilines is 2. The van der Waals surface area contributed by atoms with Crippen LogP contribution >= 0.6 is 0 Å². The van der Waals surface area contributed by atoms with Gasteiger partial charge in [0.25, 0.3) is 0 Å². The van der Waals surface area contributed by atoms with Crippen molar-refractivity contribution < 1.29 is 9.13 Å². The highest BCUT2D eigenvalue weighted by atomic mass is 19.1. The molecule has 2 rings (SSSR count). The smallest absolute Gasteiger partial charge is 0.125 e. The molecule has 2 N–H and O–H groups in total. The molecule has 0 aliphatic carbocycles. The minimum Gasteiger partial charge on any atom is -0.397 e. The van der Waals surface area contributed by atoms with E-state index >= 15 is 0 Å². The molecule has 1 saturated heterocycles. The van der Waals surface area contributed by atoms with Crippen molar-refractivity contribution in [3.8, 4) is 0 Å². The Hall–Kier alpha value is -1.29.